The highest BCUT2D eigenvalue weighted by molar-refractivity contribution is 5.74. The lowest BCUT2D eigenvalue weighted by Crippen LogP contribution is -2.44. The zero-order valence-corrected chi connectivity index (χ0v) is 13.5. The summed E-state index contributed by atoms with van der Waals surface area (Å²) in [4.78, 5) is 24.6. The van der Waals surface area contributed by atoms with Gasteiger partial charge < -0.3 is 15.3 Å². The zero-order valence-electron chi connectivity index (χ0n) is 13.5. The van der Waals surface area contributed by atoms with Gasteiger partial charge in [0.25, 0.3) is 0 Å². The highest BCUT2D eigenvalue weighted by Gasteiger charge is 2.27. The summed E-state index contributed by atoms with van der Waals surface area (Å²) in [6.45, 7) is 2.08. The number of amides is 2. The SMILES string of the molecule is Cc1ccc(F)c(CN(C)C(=O)NC2CCC(C(=O)O)CC2)c1. The maximum atomic E-state index is 13.8. The van der Waals surface area contributed by atoms with Gasteiger partial charge in [-0.3, -0.25) is 4.79 Å². The Morgan fingerprint density at radius 3 is 2.57 bits per heavy atom. The molecule has 6 heteroatoms. The average Bonchev–Trinajstić information content (AvgIpc) is 2.51. The Kier molecular flexibility index (Phi) is 5.58. The number of rotatable bonds is 4. The summed E-state index contributed by atoms with van der Waals surface area (Å²) in [5, 5.41) is 11.9. The fourth-order valence-corrected chi connectivity index (χ4v) is 2.92. The van der Waals surface area contributed by atoms with Crippen LogP contribution in [0.1, 0.15) is 36.8 Å². The minimum absolute atomic E-state index is 0.0112. The van der Waals surface area contributed by atoms with Gasteiger partial charge in [0.15, 0.2) is 0 Å². The number of halogens is 1. The summed E-state index contributed by atoms with van der Waals surface area (Å²) >= 11 is 0. The van der Waals surface area contributed by atoms with E-state index in [4.69, 9.17) is 5.11 Å². The first-order chi connectivity index (χ1) is 10.9. The molecule has 0 saturated heterocycles. The highest BCUT2D eigenvalue weighted by atomic mass is 19.1. The lowest BCUT2D eigenvalue weighted by Gasteiger charge is -2.29. The minimum Gasteiger partial charge on any atom is -0.481 e. The van der Waals surface area contributed by atoms with Crippen LogP contribution in [0.5, 0.6) is 0 Å². The Labute approximate surface area is 135 Å². The molecule has 0 atom stereocenters. The van der Waals surface area contributed by atoms with Crippen molar-refractivity contribution >= 4 is 12.0 Å². The third-order valence-electron chi connectivity index (χ3n) is 4.36. The first-order valence-electron chi connectivity index (χ1n) is 7.86. The first kappa shape index (κ1) is 17.2. The summed E-state index contributed by atoms with van der Waals surface area (Å²) in [7, 11) is 1.62. The van der Waals surface area contributed by atoms with E-state index in [0.717, 1.165) is 5.56 Å². The zero-order chi connectivity index (χ0) is 17.0. The van der Waals surface area contributed by atoms with Crippen molar-refractivity contribution in [2.24, 2.45) is 5.92 Å². The molecule has 0 aliphatic heterocycles. The molecule has 2 rings (SSSR count). The largest absolute Gasteiger partial charge is 0.481 e. The van der Waals surface area contributed by atoms with Gasteiger partial charge in [-0.25, -0.2) is 9.18 Å². The van der Waals surface area contributed by atoms with E-state index in [1.54, 1.807) is 19.2 Å². The molecule has 1 fully saturated rings. The van der Waals surface area contributed by atoms with Crippen LogP contribution in [0, 0.1) is 18.7 Å². The van der Waals surface area contributed by atoms with Crippen molar-refractivity contribution in [3.63, 3.8) is 0 Å². The number of aryl methyl sites for hydroxylation is 1. The number of nitrogens with zero attached hydrogens (tertiary/aromatic N) is 1. The molecule has 0 aromatic heterocycles. The average molecular weight is 322 g/mol. The number of urea groups is 1. The molecule has 1 aromatic carbocycles. The molecule has 126 valence electrons. The maximum Gasteiger partial charge on any atom is 0.317 e. The number of carbonyl (C=O) groups excluding carboxylic acids is 1. The van der Waals surface area contributed by atoms with Crippen LogP contribution in [0.25, 0.3) is 0 Å². The van der Waals surface area contributed by atoms with Crippen molar-refractivity contribution in [3.05, 3.63) is 35.1 Å². The number of carbonyl (C=O) groups is 2. The molecule has 0 heterocycles. The molecular weight excluding hydrogens is 299 g/mol. The van der Waals surface area contributed by atoms with Gasteiger partial charge in [-0.2, -0.15) is 0 Å². The lowest BCUT2D eigenvalue weighted by molar-refractivity contribution is -0.142. The Balaban J connectivity index is 1.86. The van der Waals surface area contributed by atoms with E-state index in [0.29, 0.717) is 31.2 Å². The number of benzene rings is 1. The van der Waals surface area contributed by atoms with E-state index in [1.165, 1.54) is 11.0 Å². The van der Waals surface area contributed by atoms with Gasteiger partial charge in [-0.15, -0.1) is 0 Å². The van der Waals surface area contributed by atoms with Crippen LogP contribution in [0.3, 0.4) is 0 Å². The van der Waals surface area contributed by atoms with E-state index in [9.17, 15) is 14.0 Å². The van der Waals surface area contributed by atoms with Crippen molar-refractivity contribution in [2.45, 2.75) is 45.2 Å². The molecular formula is C17H23FN2O3. The van der Waals surface area contributed by atoms with Crippen molar-refractivity contribution in [1.29, 1.82) is 0 Å². The van der Waals surface area contributed by atoms with Crippen LogP contribution in [0.4, 0.5) is 9.18 Å². The number of hydrogen-bond donors (Lipinski definition) is 2. The van der Waals surface area contributed by atoms with E-state index in [2.05, 4.69) is 5.32 Å². The molecule has 23 heavy (non-hydrogen) atoms. The normalized spacial score (nSPS) is 20.8. The molecule has 1 aromatic rings. The van der Waals surface area contributed by atoms with Crippen molar-refractivity contribution in [3.8, 4) is 0 Å². The van der Waals surface area contributed by atoms with Gasteiger partial charge in [0.05, 0.1) is 5.92 Å². The number of carboxylic acids is 1. The van der Waals surface area contributed by atoms with E-state index < -0.39 is 5.97 Å². The number of carboxylic acid groups (broad SMARTS) is 1. The molecule has 1 aliphatic rings. The fourth-order valence-electron chi connectivity index (χ4n) is 2.92. The summed E-state index contributed by atoms with van der Waals surface area (Å²) in [5.41, 5.74) is 1.43. The molecule has 5 nitrogen and oxygen atoms in total. The van der Waals surface area contributed by atoms with E-state index in [1.807, 2.05) is 6.92 Å². The van der Waals surface area contributed by atoms with Crippen LogP contribution >= 0.6 is 0 Å². The molecule has 1 saturated carbocycles. The van der Waals surface area contributed by atoms with Gasteiger partial charge in [0.2, 0.25) is 0 Å². The smallest absolute Gasteiger partial charge is 0.317 e. The van der Waals surface area contributed by atoms with E-state index >= 15 is 0 Å². The van der Waals surface area contributed by atoms with Gasteiger partial charge in [-0.05, 0) is 38.7 Å². The molecule has 0 spiro atoms. The fraction of sp³-hybridized carbons (Fsp3) is 0.529. The maximum absolute atomic E-state index is 13.8. The van der Waals surface area contributed by atoms with Crippen LogP contribution in [-0.2, 0) is 11.3 Å². The summed E-state index contributed by atoms with van der Waals surface area (Å²) in [5.74, 6) is -1.39. The van der Waals surface area contributed by atoms with Gasteiger partial charge in [0, 0.05) is 25.2 Å². The van der Waals surface area contributed by atoms with Gasteiger partial charge >= 0.3 is 12.0 Å². The molecule has 0 unspecified atom stereocenters. The summed E-state index contributed by atoms with van der Waals surface area (Å²) in [6, 6.07) is 4.56. The quantitative estimate of drug-likeness (QED) is 0.895. The number of hydrogen-bond acceptors (Lipinski definition) is 2. The standard InChI is InChI=1S/C17H23FN2O3/c1-11-3-8-15(18)13(9-11)10-20(2)17(23)19-14-6-4-12(5-7-14)16(21)22/h3,8-9,12,14H,4-7,10H2,1-2H3,(H,19,23)(H,21,22). The summed E-state index contributed by atoms with van der Waals surface area (Å²) in [6.07, 6.45) is 2.48. The Morgan fingerprint density at radius 1 is 1.30 bits per heavy atom. The first-order valence-corrected chi connectivity index (χ1v) is 7.86. The topological polar surface area (TPSA) is 69.6 Å². The molecule has 2 amide bonds. The van der Waals surface area contributed by atoms with Crippen LogP contribution in [0.2, 0.25) is 0 Å². The van der Waals surface area contributed by atoms with Crippen LogP contribution < -0.4 is 5.32 Å². The second-order valence-corrected chi connectivity index (χ2v) is 6.29. The summed E-state index contributed by atoms with van der Waals surface area (Å²) < 4.78 is 13.8. The second-order valence-electron chi connectivity index (χ2n) is 6.29. The van der Waals surface area contributed by atoms with Gasteiger partial charge in [-0.1, -0.05) is 17.7 Å². The Morgan fingerprint density at radius 2 is 1.96 bits per heavy atom. The molecule has 0 radical (unpaired) electrons. The minimum atomic E-state index is -0.762. The third-order valence-corrected chi connectivity index (χ3v) is 4.36. The highest BCUT2D eigenvalue weighted by Crippen LogP contribution is 2.24. The van der Waals surface area contributed by atoms with Crippen LogP contribution in [-0.4, -0.2) is 35.1 Å². The predicted octanol–water partition coefficient (Wildman–Crippen LogP) is 2.92. The van der Waals surface area contributed by atoms with Crippen molar-refractivity contribution in [2.75, 3.05) is 7.05 Å². The second kappa shape index (κ2) is 7.44. The Bertz CT molecular complexity index is 583. The van der Waals surface area contributed by atoms with Crippen LogP contribution in [0.15, 0.2) is 18.2 Å². The molecule has 1 aliphatic carbocycles. The van der Waals surface area contributed by atoms with Crippen molar-refractivity contribution in [1.82, 2.24) is 10.2 Å². The lowest BCUT2D eigenvalue weighted by atomic mass is 9.86. The Hall–Kier alpha value is -2.11. The monoisotopic (exact) mass is 322 g/mol. The van der Waals surface area contributed by atoms with Crippen molar-refractivity contribution < 1.29 is 19.1 Å². The molecule has 0 bridgehead atoms. The molecule has 2 N–H and O–H groups in total. The van der Waals surface area contributed by atoms with E-state index in [-0.39, 0.29) is 30.4 Å². The third kappa shape index (κ3) is 4.68. The number of nitrogens with one attached hydrogen (secondary N) is 1. The number of aliphatic carboxylic acids is 1. The predicted molar refractivity (Wildman–Crippen MR) is 84.5 cm³/mol. The van der Waals surface area contributed by atoms with Gasteiger partial charge in [0.1, 0.15) is 5.82 Å².